The van der Waals surface area contributed by atoms with Crippen LogP contribution in [0.3, 0.4) is 0 Å². The van der Waals surface area contributed by atoms with Gasteiger partial charge < -0.3 is 4.74 Å². The van der Waals surface area contributed by atoms with Gasteiger partial charge >= 0.3 is 0 Å². The summed E-state index contributed by atoms with van der Waals surface area (Å²) in [5, 5.41) is 3.68. The second-order valence-electron chi connectivity index (χ2n) is 5.29. The predicted molar refractivity (Wildman–Crippen MR) is 75.6 cm³/mol. The average molecular weight is 280 g/mol. The van der Waals surface area contributed by atoms with Crippen molar-refractivity contribution >= 4 is 22.4 Å². The molecule has 1 aromatic heterocycles. The highest BCUT2D eigenvalue weighted by molar-refractivity contribution is 7.15. The lowest BCUT2D eigenvalue weighted by molar-refractivity contribution is -0.124. The highest BCUT2D eigenvalue weighted by Gasteiger charge is 2.24. The summed E-state index contributed by atoms with van der Waals surface area (Å²) in [5.41, 5.74) is 1.20. The van der Waals surface area contributed by atoms with Crippen LogP contribution in [-0.4, -0.2) is 23.6 Å². The van der Waals surface area contributed by atoms with Gasteiger partial charge in [0.2, 0.25) is 0 Å². The maximum atomic E-state index is 12.0. The van der Waals surface area contributed by atoms with Gasteiger partial charge in [-0.1, -0.05) is 12.8 Å². The third kappa shape index (κ3) is 3.15. The minimum Gasteiger partial charge on any atom is -0.368 e. The molecule has 0 aromatic carbocycles. The number of nitrogens with one attached hydrogen (secondary N) is 1. The number of ether oxygens (including phenoxy) is 1. The molecule has 1 aromatic rings. The molecule has 2 aliphatic rings. The van der Waals surface area contributed by atoms with Gasteiger partial charge in [-0.05, 0) is 38.5 Å². The van der Waals surface area contributed by atoms with Crippen LogP contribution in [0.2, 0.25) is 0 Å². The zero-order valence-electron chi connectivity index (χ0n) is 11.1. The second kappa shape index (κ2) is 6.01. The summed E-state index contributed by atoms with van der Waals surface area (Å²) in [6.07, 6.45) is 8.79. The molecule has 1 saturated heterocycles. The first kappa shape index (κ1) is 13.1. The number of thiazole rings is 1. The van der Waals surface area contributed by atoms with Gasteiger partial charge in [0.15, 0.2) is 5.13 Å². The summed E-state index contributed by atoms with van der Waals surface area (Å²) in [6, 6.07) is 0. The van der Waals surface area contributed by atoms with Gasteiger partial charge in [-0.15, -0.1) is 11.3 Å². The molecule has 1 aliphatic carbocycles. The normalized spacial score (nSPS) is 23.5. The van der Waals surface area contributed by atoms with Gasteiger partial charge in [-0.2, -0.15) is 0 Å². The monoisotopic (exact) mass is 280 g/mol. The highest BCUT2D eigenvalue weighted by atomic mass is 32.1. The molecule has 1 amide bonds. The second-order valence-corrected chi connectivity index (χ2v) is 6.38. The molecular weight excluding hydrogens is 260 g/mol. The molecule has 0 saturated carbocycles. The third-order valence-electron chi connectivity index (χ3n) is 3.80. The molecule has 104 valence electrons. The van der Waals surface area contributed by atoms with Crippen molar-refractivity contribution in [3.05, 3.63) is 10.6 Å². The molecule has 5 heteroatoms. The van der Waals surface area contributed by atoms with Crippen molar-refractivity contribution in [1.82, 2.24) is 4.98 Å². The molecule has 0 radical (unpaired) electrons. The van der Waals surface area contributed by atoms with Crippen LogP contribution in [0.4, 0.5) is 5.13 Å². The smallest absolute Gasteiger partial charge is 0.255 e. The van der Waals surface area contributed by atoms with E-state index in [1.807, 2.05) is 0 Å². The fraction of sp³-hybridized carbons (Fsp3) is 0.714. The van der Waals surface area contributed by atoms with Crippen LogP contribution in [0.25, 0.3) is 0 Å². The molecule has 1 aliphatic heterocycles. The largest absolute Gasteiger partial charge is 0.368 e. The molecule has 19 heavy (non-hydrogen) atoms. The van der Waals surface area contributed by atoms with E-state index in [0.717, 1.165) is 30.8 Å². The Labute approximate surface area is 117 Å². The number of hydrogen-bond acceptors (Lipinski definition) is 4. The molecule has 1 unspecified atom stereocenters. The Kier molecular flexibility index (Phi) is 4.13. The Morgan fingerprint density at radius 2 is 2.05 bits per heavy atom. The maximum absolute atomic E-state index is 12.0. The SMILES string of the molecule is O=C(Nc1nc2c(s1)CCCCCC2)C1CCCO1. The van der Waals surface area contributed by atoms with Gasteiger partial charge in [-0.3, -0.25) is 10.1 Å². The fourth-order valence-electron chi connectivity index (χ4n) is 2.73. The van der Waals surface area contributed by atoms with Crippen molar-refractivity contribution < 1.29 is 9.53 Å². The number of carbonyl (C=O) groups excluding carboxylic acids is 1. The first-order valence-corrected chi connectivity index (χ1v) is 8.05. The zero-order chi connectivity index (χ0) is 13.1. The number of amides is 1. The number of aryl methyl sites for hydroxylation is 2. The highest BCUT2D eigenvalue weighted by Crippen LogP contribution is 2.28. The predicted octanol–water partition coefficient (Wildman–Crippen LogP) is 2.92. The molecule has 1 fully saturated rings. The van der Waals surface area contributed by atoms with Gasteiger partial charge in [0.05, 0.1) is 5.69 Å². The van der Waals surface area contributed by atoms with E-state index in [9.17, 15) is 4.79 Å². The Morgan fingerprint density at radius 3 is 2.84 bits per heavy atom. The lowest BCUT2D eigenvalue weighted by atomic mass is 10.0. The van der Waals surface area contributed by atoms with Crippen molar-refractivity contribution in [2.24, 2.45) is 0 Å². The van der Waals surface area contributed by atoms with Crippen molar-refractivity contribution in [2.75, 3.05) is 11.9 Å². The van der Waals surface area contributed by atoms with Crippen LogP contribution in [-0.2, 0) is 22.4 Å². The van der Waals surface area contributed by atoms with E-state index in [-0.39, 0.29) is 12.0 Å². The van der Waals surface area contributed by atoms with Crippen LogP contribution in [0.5, 0.6) is 0 Å². The molecule has 0 bridgehead atoms. The number of rotatable bonds is 2. The quantitative estimate of drug-likeness (QED) is 0.906. The number of fused-ring (bicyclic) bond motifs is 1. The lowest BCUT2D eigenvalue weighted by Gasteiger charge is -2.07. The Hall–Kier alpha value is -0.940. The number of aromatic nitrogens is 1. The van der Waals surface area contributed by atoms with Crippen LogP contribution in [0.1, 0.15) is 49.1 Å². The first-order chi connectivity index (χ1) is 9.33. The van der Waals surface area contributed by atoms with E-state index in [4.69, 9.17) is 4.74 Å². The van der Waals surface area contributed by atoms with Crippen molar-refractivity contribution in [1.29, 1.82) is 0 Å². The van der Waals surface area contributed by atoms with Crippen LogP contribution in [0.15, 0.2) is 0 Å². The van der Waals surface area contributed by atoms with Crippen LogP contribution >= 0.6 is 11.3 Å². The number of hydrogen-bond donors (Lipinski definition) is 1. The minimum absolute atomic E-state index is 0.0285. The van der Waals surface area contributed by atoms with Crippen LogP contribution in [0, 0.1) is 0 Å². The summed E-state index contributed by atoms with van der Waals surface area (Å²) in [6.45, 7) is 0.701. The van der Waals surface area contributed by atoms with Crippen molar-refractivity contribution in [2.45, 2.75) is 57.5 Å². The zero-order valence-corrected chi connectivity index (χ0v) is 11.9. The summed E-state index contributed by atoms with van der Waals surface area (Å²) in [7, 11) is 0. The lowest BCUT2D eigenvalue weighted by Crippen LogP contribution is -2.26. The minimum atomic E-state index is -0.272. The molecule has 0 spiro atoms. The van der Waals surface area contributed by atoms with Gasteiger partial charge in [0, 0.05) is 11.5 Å². The van der Waals surface area contributed by atoms with Gasteiger partial charge in [0.25, 0.3) is 5.91 Å². The molecule has 4 nitrogen and oxygen atoms in total. The summed E-state index contributed by atoms with van der Waals surface area (Å²) >= 11 is 1.65. The first-order valence-electron chi connectivity index (χ1n) is 7.24. The Morgan fingerprint density at radius 1 is 1.21 bits per heavy atom. The Balaban J connectivity index is 1.67. The van der Waals surface area contributed by atoms with Crippen molar-refractivity contribution in [3.8, 4) is 0 Å². The van der Waals surface area contributed by atoms with Gasteiger partial charge in [-0.25, -0.2) is 4.98 Å². The Bertz CT molecular complexity index is 427. The molecule has 1 N–H and O–H groups in total. The van der Waals surface area contributed by atoms with Crippen molar-refractivity contribution in [3.63, 3.8) is 0 Å². The van der Waals surface area contributed by atoms with E-state index >= 15 is 0 Å². The van der Waals surface area contributed by atoms with E-state index in [0.29, 0.717) is 6.61 Å². The molecule has 3 rings (SSSR count). The average Bonchev–Trinajstić information content (AvgIpc) is 3.00. The fourth-order valence-corrected chi connectivity index (χ4v) is 3.78. The third-order valence-corrected chi connectivity index (χ3v) is 4.87. The summed E-state index contributed by atoms with van der Waals surface area (Å²) in [4.78, 5) is 18.0. The molecule has 1 atom stereocenters. The van der Waals surface area contributed by atoms with Crippen LogP contribution < -0.4 is 5.32 Å². The van der Waals surface area contributed by atoms with E-state index in [1.165, 1.54) is 36.3 Å². The van der Waals surface area contributed by atoms with E-state index < -0.39 is 0 Å². The molecular formula is C14H20N2O2S. The van der Waals surface area contributed by atoms with Gasteiger partial charge in [0.1, 0.15) is 6.10 Å². The number of nitrogens with zero attached hydrogens (tertiary/aromatic N) is 1. The molecule has 2 heterocycles. The summed E-state index contributed by atoms with van der Waals surface area (Å²) in [5.74, 6) is -0.0285. The van der Waals surface area contributed by atoms with E-state index in [1.54, 1.807) is 11.3 Å². The number of anilines is 1. The standard InChI is InChI=1S/C14H20N2O2S/c17-13(11-7-5-9-18-11)16-14-15-10-6-3-1-2-4-8-12(10)19-14/h11H,1-9H2,(H,15,16,17). The topological polar surface area (TPSA) is 51.2 Å². The summed E-state index contributed by atoms with van der Waals surface area (Å²) < 4.78 is 5.39. The maximum Gasteiger partial charge on any atom is 0.255 e. The van der Waals surface area contributed by atoms with E-state index in [2.05, 4.69) is 10.3 Å². The number of carbonyl (C=O) groups is 1.